The van der Waals surface area contributed by atoms with Gasteiger partial charge >= 0.3 is 0 Å². The van der Waals surface area contributed by atoms with Crippen LogP contribution in [-0.2, 0) is 32.0 Å². The third-order valence-electron chi connectivity index (χ3n) is 13.1. The summed E-state index contributed by atoms with van der Waals surface area (Å²) < 4.78 is 18.8. The van der Waals surface area contributed by atoms with Crippen LogP contribution in [0.1, 0.15) is 53.5 Å². The molecule has 1 atom stereocenters. The molecule has 0 saturated carbocycles. The van der Waals surface area contributed by atoms with E-state index in [1.165, 1.54) is 11.8 Å². The molecule has 2 amide bonds. The van der Waals surface area contributed by atoms with E-state index in [4.69, 9.17) is 16.3 Å². The van der Waals surface area contributed by atoms with Gasteiger partial charge in [-0.05, 0) is 86.2 Å². The van der Waals surface area contributed by atoms with E-state index in [-0.39, 0.29) is 30.6 Å². The lowest BCUT2D eigenvalue weighted by atomic mass is 10.0. The molecule has 0 spiro atoms. The fourth-order valence-electron chi connectivity index (χ4n) is 9.52. The Balaban J connectivity index is 0.00000625. The van der Waals surface area contributed by atoms with E-state index in [2.05, 4.69) is 88.9 Å². The Labute approximate surface area is 408 Å². The summed E-state index contributed by atoms with van der Waals surface area (Å²) in [6, 6.07) is 27.6. The van der Waals surface area contributed by atoms with Crippen molar-refractivity contribution >= 4 is 88.7 Å². The maximum atomic E-state index is 12.9. The quantitative estimate of drug-likeness (QED) is 0.0527. The van der Waals surface area contributed by atoms with E-state index in [9.17, 15) is 18.9 Å². The number of piperidine rings is 2. The predicted molar refractivity (Wildman–Crippen MR) is 271 cm³/mol. The van der Waals surface area contributed by atoms with Crippen molar-refractivity contribution in [2.45, 2.75) is 50.9 Å². The predicted octanol–water partition coefficient (Wildman–Crippen LogP) is 7.28. The van der Waals surface area contributed by atoms with Gasteiger partial charge in [-0.15, -0.1) is 12.4 Å². The zero-order valence-corrected chi connectivity index (χ0v) is 40.7. The summed E-state index contributed by atoms with van der Waals surface area (Å²) in [5.74, 6) is 9.40. The van der Waals surface area contributed by atoms with Crippen LogP contribution in [0.15, 0.2) is 91.1 Å². The van der Waals surface area contributed by atoms with Crippen molar-refractivity contribution in [1.82, 2.24) is 30.0 Å². The second kappa shape index (κ2) is 21.0. The van der Waals surface area contributed by atoms with E-state index in [0.717, 1.165) is 97.6 Å². The van der Waals surface area contributed by atoms with Crippen molar-refractivity contribution < 1.29 is 23.7 Å². The van der Waals surface area contributed by atoms with Crippen molar-refractivity contribution in [3.63, 3.8) is 0 Å². The van der Waals surface area contributed by atoms with Gasteiger partial charge in [0.2, 0.25) is 17.8 Å². The Kier molecular flexibility index (Phi) is 14.9. The fourth-order valence-corrected chi connectivity index (χ4v) is 10.8. The molecule has 14 nitrogen and oxygen atoms in total. The number of hydrogen-bond donors (Lipinski definition) is 3. The lowest BCUT2D eigenvalue weighted by molar-refractivity contribution is -0.136. The van der Waals surface area contributed by atoms with Crippen LogP contribution >= 0.6 is 31.1 Å². The molecule has 4 aliphatic rings. The fraction of sp³-hybridized carbons (Fsp3) is 0.333. The van der Waals surface area contributed by atoms with Gasteiger partial charge in [-0.1, -0.05) is 59.8 Å². The topological polar surface area (TPSA) is 152 Å². The van der Waals surface area contributed by atoms with Crippen LogP contribution < -0.4 is 30.9 Å². The van der Waals surface area contributed by atoms with Crippen molar-refractivity contribution in [2.24, 2.45) is 0 Å². The lowest BCUT2D eigenvalue weighted by Gasteiger charge is -2.43. The normalized spacial score (nSPS) is 17.9. The van der Waals surface area contributed by atoms with Gasteiger partial charge in [0.1, 0.15) is 29.7 Å². The number of nitrogens with zero attached hydrogens (tertiary/aromatic N) is 6. The molecule has 0 bridgehead atoms. The number of carbonyl (C=O) groups excluding carboxylic acids is 3. The second-order valence-corrected chi connectivity index (χ2v) is 21.3. The molecule has 0 aliphatic carbocycles. The van der Waals surface area contributed by atoms with Crippen molar-refractivity contribution in [3.05, 3.63) is 124 Å². The standard InChI is InChI=1S/C51H53ClN9O5P.ClH/c1-66-46-29-38(17-18-42(46)55-51-53-30-41(52)49(57-51)54-43-9-4-5-10-47(43)67(2,3)65)59-23-21-37(22-24-59)60-27-25-58(26-28-60)31-35-13-11-34(12-14-35)15-16-36-7-6-8-39-40(36)32-61(45(39)33-62)44-19-20-48(63)56-50(44)64;/h4-14,17-18,29-30,37,44H,19-28,31-32H2,1-3H3,(H,56,63,64)(H2,53,54,55,57);1H. The van der Waals surface area contributed by atoms with Crippen molar-refractivity contribution in [1.29, 1.82) is 0 Å². The third-order valence-corrected chi connectivity index (χ3v) is 14.9. The van der Waals surface area contributed by atoms with Gasteiger partial charge in [0.05, 0.1) is 24.7 Å². The van der Waals surface area contributed by atoms with Gasteiger partial charge in [-0.25, -0.2) is 9.78 Å². The molecule has 3 N–H and O–H groups in total. The highest BCUT2D eigenvalue weighted by Gasteiger charge is 2.38. The number of ether oxygens (including phenoxy) is 1. The largest absolute Gasteiger partial charge is 0.494 e. The average Bonchev–Trinajstić information content (AvgIpc) is 3.71. The zero-order valence-electron chi connectivity index (χ0n) is 38.3. The number of para-hydroxylation sites is 1. The first kappa shape index (κ1) is 48.3. The van der Waals surface area contributed by atoms with Crippen molar-refractivity contribution in [2.75, 3.05) is 75.2 Å². The maximum absolute atomic E-state index is 12.9. The molecule has 352 valence electrons. The molecule has 3 fully saturated rings. The molecule has 1 unspecified atom stereocenters. The molecular formula is C51H54Cl2N9O5P. The average molecular weight is 975 g/mol. The molecule has 4 aromatic carbocycles. The minimum Gasteiger partial charge on any atom is -0.494 e. The van der Waals surface area contributed by atoms with Gasteiger partial charge in [0, 0.05) is 98.6 Å². The number of piperazine rings is 1. The van der Waals surface area contributed by atoms with Gasteiger partial charge in [0.25, 0.3) is 0 Å². The van der Waals surface area contributed by atoms with Crippen LogP contribution in [0, 0.1) is 11.8 Å². The minimum atomic E-state index is -2.55. The molecular weight excluding hydrogens is 920 g/mol. The number of anilines is 5. The van der Waals surface area contributed by atoms with Gasteiger partial charge < -0.3 is 29.7 Å². The number of fused-ring (bicyclic) bond motifs is 1. The second-order valence-electron chi connectivity index (χ2n) is 17.7. The molecule has 68 heavy (non-hydrogen) atoms. The molecule has 3 saturated heterocycles. The highest BCUT2D eigenvalue weighted by atomic mass is 35.5. The third kappa shape index (κ3) is 10.7. The van der Waals surface area contributed by atoms with Crippen LogP contribution in [0.3, 0.4) is 0 Å². The maximum Gasteiger partial charge on any atom is 0.249 e. The summed E-state index contributed by atoms with van der Waals surface area (Å²) in [5, 5.41) is 10.0. The summed E-state index contributed by atoms with van der Waals surface area (Å²) >= 11 is 6.50. The highest BCUT2D eigenvalue weighted by molar-refractivity contribution is 7.70. The first-order valence-corrected chi connectivity index (χ1v) is 25.6. The number of methoxy groups -OCH3 is 1. The highest BCUT2D eigenvalue weighted by Crippen LogP contribution is 2.40. The number of halogens is 2. The monoisotopic (exact) mass is 973 g/mol. The Hall–Kier alpha value is -6.16. The van der Waals surface area contributed by atoms with Crippen molar-refractivity contribution in [3.8, 4) is 17.6 Å². The Morgan fingerprint density at radius 3 is 2.37 bits per heavy atom. The summed E-state index contributed by atoms with van der Waals surface area (Å²) in [4.78, 5) is 54.8. The number of rotatable bonds is 11. The molecule has 17 heteroatoms. The van der Waals surface area contributed by atoms with E-state index in [0.29, 0.717) is 52.9 Å². The first-order valence-electron chi connectivity index (χ1n) is 22.6. The Morgan fingerprint density at radius 1 is 0.882 bits per heavy atom. The van der Waals surface area contributed by atoms with Crippen LogP contribution in [0.4, 0.5) is 28.8 Å². The summed E-state index contributed by atoms with van der Waals surface area (Å²) in [5.41, 5.74) is 7.42. The number of hydrogen-bond acceptors (Lipinski definition) is 13. The van der Waals surface area contributed by atoms with Gasteiger partial charge in [0.15, 0.2) is 11.8 Å². The number of carbonyl (C=O) groups is 2. The minimum absolute atomic E-state index is 0. The number of nitrogens with one attached hydrogen (secondary N) is 3. The molecule has 4 aliphatic heterocycles. The lowest BCUT2D eigenvalue weighted by Crippen LogP contribution is -2.53. The SMILES string of the molecule is COc1cc(N2CCC(N3CCN(Cc4ccc(C#Cc5cccc6c5CN(C5CCC(=O)NC5=O)C6=C=O)cc4)CC3)CC2)ccc1Nc1ncc(Cl)c(Nc2ccccc2P(C)(C)=O)n1.Cl. The van der Waals surface area contributed by atoms with E-state index >= 15 is 0 Å². The van der Waals surface area contributed by atoms with Gasteiger partial charge in [-0.2, -0.15) is 4.98 Å². The number of imide groups is 1. The smallest absolute Gasteiger partial charge is 0.249 e. The molecule has 9 rings (SSSR count). The van der Waals surface area contributed by atoms with Crippen LogP contribution in [0.5, 0.6) is 5.75 Å². The summed E-state index contributed by atoms with van der Waals surface area (Å²) in [6.45, 7) is 10.7. The Morgan fingerprint density at radius 2 is 1.65 bits per heavy atom. The number of amides is 2. The van der Waals surface area contributed by atoms with E-state index in [1.54, 1.807) is 25.3 Å². The molecule has 5 aromatic rings. The first-order chi connectivity index (χ1) is 32.4. The summed E-state index contributed by atoms with van der Waals surface area (Å²) in [7, 11) is -0.893. The molecule has 0 radical (unpaired) electrons. The molecule has 5 heterocycles. The zero-order chi connectivity index (χ0) is 46.7. The van der Waals surface area contributed by atoms with E-state index in [1.807, 2.05) is 54.5 Å². The summed E-state index contributed by atoms with van der Waals surface area (Å²) in [6.07, 6.45) is 4.31. The molecule has 1 aromatic heterocycles. The van der Waals surface area contributed by atoms with Gasteiger partial charge in [-0.3, -0.25) is 24.7 Å². The van der Waals surface area contributed by atoms with Crippen LogP contribution in [0.25, 0.3) is 5.70 Å². The van der Waals surface area contributed by atoms with E-state index < -0.39 is 13.2 Å². The Bertz CT molecular complexity index is 2860. The number of benzene rings is 4. The van der Waals surface area contributed by atoms with Crippen LogP contribution in [-0.4, -0.2) is 114 Å². The van der Waals surface area contributed by atoms with Crippen LogP contribution in [0.2, 0.25) is 5.02 Å². The number of aromatic nitrogens is 2.